The Bertz CT molecular complexity index is 4180. The molecule has 18 heteroatoms. The first-order chi connectivity index (χ1) is 39.0. The fourth-order valence-corrected chi connectivity index (χ4v) is 12.7. The maximum atomic E-state index is 13.1. The summed E-state index contributed by atoms with van der Waals surface area (Å²) >= 11 is 0. The molecule has 80 heavy (non-hydrogen) atoms. The van der Waals surface area contributed by atoms with Gasteiger partial charge in [0.05, 0.1) is 70.8 Å². The molecule has 4 aliphatic rings. The Morgan fingerprint density at radius 3 is 1.64 bits per heavy atom. The van der Waals surface area contributed by atoms with E-state index in [0.717, 1.165) is 58.0 Å². The molecule has 0 radical (unpaired) electrons. The monoisotopic (exact) mass is 1090 g/mol. The lowest BCUT2D eigenvalue weighted by atomic mass is 9.97. The van der Waals surface area contributed by atoms with Crippen molar-refractivity contribution in [3.05, 3.63) is 256 Å². The van der Waals surface area contributed by atoms with E-state index in [9.17, 15) is 27.0 Å². The molecule has 0 bridgehead atoms. The fourth-order valence-electron chi connectivity index (χ4n) is 9.80. The number of hydrogen-bond donors (Lipinski definition) is 4. The van der Waals surface area contributed by atoms with Gasteiger partial charge in [0.1, 0.15) is 12.0 Å². The summed E-state index contributed by atoms with van der Waals surface area (Å²) < 4.78 is 39.3. The molecule has 1 unspecified atom stereocenters. The van der Waals surface area contributed by atoms with E-state index in [0.29, 0.717) is 54.8 Å². The molecule has 1 atom stereocenters. The number of para-hydroxylation sites is 3. The summed E-state index contributed by atoms with van der Waals surface area (Å²) in [4.78, 5) is 62.2. The fraction of sp³-hybridized carbons (Fsp3) is 0.0645. The van der Waals surface area contributed by atoms with Gasteiger partial charge >= 0.3 is 0 Å². The van der Waals surface area contributed by atoms with Crippen LogP contribution in [0.15, 0.2) is 235 Å². The molecule has 394 valence electrons. The van der Waals surface area contributed by atoms with Gasteiger partial charge in [-0.25, -0.2) is 43.1 Å². The Kier molecular flexibility index (Phi) is 14.5. The second-order valence-corrected chi connectivity index (χ2v) is 21.7. The van der Waals surface area contributed by atoms with E-state index in [1.807, 2.05) is 72.8 Å². The summed E-state index contributed by atoms with van der Waals surface area (Å²) in [5.74, 6) is -0.0213. The predicted molar refractivity (Wildman–Crippen MR) is 306 cm³/mol. The van der Waals surface area contributed by atoms with Crippen LogP contribution in [0.3, 0.4) is 0 Å². The largest absolute Gasteiger partial charge is 0.355 e. The van der Waals surface area contributed by atoms with Crippen molar-refractivity contribution < 1.29 is 32.2 Å². The zero-order valence-electron chi connectivity index (χ0n) is 42.9. The summed E-state index contributed by atoms with van der Waals surface area (Å²) in [6.07, 6.45) is 4.30. The van der Waals surface area contributed by atoms with E-state index in [2.05, 4.69) is 48.7 Å². The number of benzene rings is 8. The van der Waals surface area contributed by atoms with Gasteiger partial charge in [0.25, 0.3) is 17.7 Å². The van der Waals surface area contributed by atoms with Gasteiger partial charge in [-0.1, -0.05) is 115 Å². The van der Waals surface area contributed by atoms with Crippen molar-refractivity contribution in [2.45, 2.75) is 26.0 Å². The minimum absolute atomic E-state index is 0.102. The molecular weight excluding hydrogens is 1050 g/mol. The molecule has 3 amide bonds. The van der Waals surface area contributed by atoms with E-state index >= 15 is 0 Å². The van der Waals surface area contributed by atoms with Crippen molar-refractivity contribution in [1.29, 1.82) is 0 Å². The Hall–Kier alpha value is -9.88. The van der Waals surface area contributed by atoms with Crippen LogP contribution < -0.4 is 21.0 Å². The van der Waals surface area contributed by atoms with Gasteiger partial charge in [0.15, 0.2) is 5.82 Å². The topological polar surface area (TPSA) is 225 Å². The zero-order valence-corrected chi connectivity index (χ0v) is 44.5. The summed E-state index contributed by atoms with van der Waals surface area (Å²) in [7, 11) is -1.81. The minimum atomic E-state index is -3.68. The number of nitrogens with zero attached hydrogens (tertiary/aromatic N) is 6. The van der Waals surface area contributed by atoms with Crippen LogP contribution in [0, 0.1) is 0 Å². The van der Waals surface area contributed by atoms with Crippen molar-refractivity contribution >= 4 is 84.1 Å². The molecular formula is C62H47N9O7S2. The van der Waals surface area contributed by atoms with Crippen molar-refractivity contribution in [1.82, 2.24) is 26.1 Å². The van der Waals surface area contributed by atoms with Crippen LogP contribution in [0.25, 0.3) is 0 Å². The second-order valence-electron chi connectivity index (χ2n) is 18.4. The number of rotatable bonds is 6. The first-order valence-electron chi connectivity index (χ1n) is 25.2. The van der Waals surface area contributed by atoms with Crippen LogP contribution in [0.5, 0.6) is 0 Å². The maximum Gasteiger partial charge on any atom is 0.274 e. The second kappa shape index (κ2) is 22.2. The van der Waals surface area contributed by atoms with Gasteiger partial charge in [0.2, 0.25) is 9.84 Å². The number of anilines is 2. The molecule has 4 N–H and O–H groups in total. The number of nitrogens with one attached hydrogen (secondary N) is 3. The van der Waals surface area contributed by atoms with E-state index in [4.69, 9.17) is 15.2 Å². The molecule has 0 spiro atoms. The van der Waals surface area contributed by atoms with E-state index < -0.39 is 26.5 Å². The van der Waals surface area contributed by atoms with Gasteiger partial charge in [-0.05, 0) is 84.8 Å². The lowest BCUT2D eigenvalue weighted by molar-refractivity contribution is 0.0706. The minimum Gasteiger partial charge on any atom is -0.355 e. The number of hydroxylamine groups is 1. The molecule has 5 heterocycles. The van der Waals surface area contributed by atoms with Crippen LogP contribution in [0.4, 0.5) is 28.6 Å². The first kappa shape index (κ1) is 52.2. The number of hydrogen-bond acceptors (Lipinski definition) is 13. The molecule has 9 aromatic rings. The van der Waals surface area contributed by atoms with Crippen LogP contribution in [0.1, 0.15) is 70.0 Å². The SMILES string of the molecule is CNC(=O)c1ccc(C2=Nc3ccccc3S(=O)(=O)c3ccccc32)cc1.CNC(=O)c1ccc(C2=Nc3cncnc3N3CCc4cccc2c43)cc1.O=C(NO)c1ccc(C2=Nc3ccccc3S(=O)c3ccccc32)cc1. The molecule has 0 saturated carbocycles. The average Bonchev–Trinajstić information content (AvgIpc) is 4.05. The number of carbonyl (C=O) groups is 3. The van der Waals surface area contributed by atoms with Gasteiger partial charge in [-0.15, -0.1) is 0 Å². The summed E-state index contributed by atoms with van der Waals surface area (Å²) in [5, 5.41) is 14.0. The molecule has 0 aliphatic carbocycles. The number of aliphatic imine (C=N–C) groups is 3. The van der Waals surface area contributed by atoms with Crippen molar-refractivity contribution in [3.8, 4) is 0 Å². The smallest absolute Gasteiger partial charge is 0.274 e. The molecule has 0 saturated heterocycles. The van der Waals surface area contributed by atoms with E-state index in [-0.39, 0.29) is 21.6 Å². The summed E-state index contributed by atoms with van der Waals surface area (Å²) in [6, 6.07) is 56.0. The first-order valence-corrected chi connectivity index (χ1v) is 27.8. The lowest BCUT2D eigenvalue weighted by Gasteiger charge is -2.19. The van der Waals surface area contributed by atoms with E-state index in [1.54, 1.807) is 129 Å². The number of fused-ring (bicyclic) bond motifs is 6. The third kappa shape index (κ3) is 9.89. The molecule has 4 aliphatic heterocycles. The van der Waals surface area contributed by atoms with Crippen LogP contribution in [-0.4, -0.2) is 83.3 Å². The number of carbonyl (C=O) groups excluding carboxylic acids is 3. The third-order valence-corrected chi connectivity index (χ3v) is 17.0. The lowest BCUT2D eigenvalue weighted by Crippen LogP contribution is -2.18. The number of aromatic nitrogens is 2. The maximum absolute atomic E-state index is 13.1. The molecule has 16 nitrogen and oxygen atoms in total. The number of sulfone groups is 1. The highest BCUT2D eigenvalue weighted by Gasteiger charge is 2.32. The van der Waals surface area contributed by atoms with Crippen molar-refractivity contribution in [3.63, 3.8) is 0 Å². The molecule has 13 rings (SSSR count). The normalized spacial score (nSPS) is 14.6. The Labute approximate surface area is 462 Å². The van der Waals surface area contributed by atoms with Gasteiger partial charge in [0, 0.05) is 70.7 Å². The Balaban J connectivity index is 0.000000127. The van der Waals surface area contributed by atoms with Crippen molar-refractivity contribution in [2.75, 3.05) is 25.5 Å². The Morgan fingerprint density at radius 2 is 1.01 bits per heavy atom. The van der Waals surface area contributed by atoms with Gasteiger partial charge in [-0.2, -0.15) is 0 Å². The zero-order chi connectivity index (χ0) is 55.5. The number of amides is 3. The Morgan fingerprint density at radius 1 is 0.525 bits per heavy atom. The summed E-state index contributed by atoms with van der Waals surface area (Å²) in [6.45, 7) is 0.884. The highest BCUT2D eigenvalue weighted by molar-refractivity contribution is 7.91. The average molecular weight is 1090 g/mol. The van der Waals surface area contributed by atoms with Gasteiger partial charge in [-0.3, -0.25) is 19.6 Å². The van der Waals surface area contributed by atoms with Crippen LogP contribution >= 0.6 is 0 Å². The summed E-state index contributed by atoms with van der Waals surface area (Å²) in [5.41, 5.74) is 14.4. The predicted octanol–water partition coefficient (Wildman–Crippen LogP) is 9.83. The highest BCUT2D eigenvalue weighted by atomic mass is 32.2. The molecule has 1 aromatic heterocycles. The van der Waals surface area contributed by atoms with Gasteiger partial charge < -0.3 is 15.5 Å². The van der Waals surface area contributed by atoms with Crippen molar-refractivity contribution in [2.24, 2.45) is 15.0 Å². The van der Waals surface area contributed by atoms with Crippen LogP contribution in [0.2, 0.25) is 0 Å². The van der Waals surface area contributed by atoms with E-state index in [1.165, 1.54) is 11.3 Å². The third-order valence-electron chi connectivity index (χ3n) is 13.7. The standard InChI is InChI=1S/C21H17N5O.C21H16N2O3S.C20H14N2O3S/c1-22-21(27)15-7-5-13(6-8-15)18-16-4-2-3-14-9-10-26(19(14)16)20-17(25-18)11-23-12-24-20;1-22-21(24)15-12-10-14(11-13-15)20-16-6-2-4-8-18(16)27(25,26)19-9-5-3-7-17(19)23-20;23-20(22-24)14-11-9-13(10-12-14)19-15-5-1-3-7-17(15)26(25)18-8-4-2-6-16(18)21-19/h2-8,11-12H,9-10H2,1H3,(H,22,27);2-13H,1H3,(H,22,24);1-12,24H,(H,22,23). The van der Waals surface area contributed by atoms with Crippen LogP contribution in [-0.2, 0) is 27.1 Å². The molecule has 8 aromatic carbocycles. The quantitative estimate of drug-likeness (QED) is 0.0911. The molecule has 0 fully saturated rings. The highest BCUT2D eigenvalue weighted by Crippen LogP contribution is 2.44.